The maximum atomic E-state index is 13.0. The molecule has 1 amide bonds. The molecule has 2 N–H and O–H groups in total. The largest absolute Gasteiger partial charge is 0.330 e. The number of ketones is 1. The molecule has 3 aliphatic rings. The van der Waals surface area contributed by atoms with Gasteiger partial charge in [-0.05, 0) is 30.9 Å². The van der Waals surface area contributed by atoms with E-state index in [0.29, 0.717) is 25.3 Å². The lowest BCUT2D eigenvalue weighted by atomic mass is 9.84. The van der Waals surface area contributed by atoms with Gasteiger partial charge in [-0.15, -0.1) is 0 Å². The third-order valence-corrected chi connectivity index (χ3v) is 8.39. The standard InChI is InChI=1S/C20H28N4O4S/c21-16(11-14-5-2-1-3-6-14)20(26)23-10-8-17-19(23)18(25)13-24(17)29(27,28)15-7-4-9-22-12-15/h4,7,9,12,14,16-17,19H,1-3,5-6,8,10-11,13,21H2. The first kappa shape index (κ1) is 20.4. The minimum atomic E-state index is -3.84. The Labute approximate surface area is 171 Å². The van der Waals surface area contributed by atoms with Gasteiger partial charge in [-0.25, -0.2) is 8.42 Å². The number of carbonyl (C=O) groups is 2. The molecule has 4 rings (SSSR count). The van der Waals surface area contributed by atoms with Crippen molar-refractivity contribution in [2.45, 2.75) is 68.0 Å². The van der Waals surface area contributed by atoms with E-state index in [9.17, 15) is 18.0 Å². The Morgan fingerprint density at radius 2 is 2.00 bits per heavy atom. The fourth-order valence-electron chi connectivity index (χ4n) is 5.07. The van der Waals surface area contributed by atoms with Gasteiger partial charge in [-0.3, -0.25) is 14.6 Å². The number of hydrogen-bond acceptors (Lipinski definition) is 6. The minimum Gasteiger partial charge on any atom is -0.330 e. The fourth-order valence-corrected chi connectivity index (χ4v) is 6.66. The van der Waals surface area contributed by atoms with Crippen LogP contribution >= 0.6 is 0 Å². The van der Waals surface area contributed by atoms with Gasteiger partial charge in [0.2, 0.25) is 15.9 Å². The summed E-state index contributed by atoms with van der Waals surface area (Å²) >= 11 is 0. The Morgan fingerprint density at radius 3 is 2.69 bits per heavy atom. The predicted octanol–water partition coefficient (Wildman–Crippen LogP) is 0.922. The number of nitrogens with zero attached hydrogens (tertiary/aromatic N) is 3. The first-order valence-electron chi connectivity index (χ1n) is 10.4. The summed E-state index contributed by atoms with van der Waals surface area (Å²) in [6.45, 7) is 0.144. The van der Waals surface area contributed by atoms with Crippen LogP contribution in [0, 0.1) is 5.92 Å². The molecule has 29 heavy (non-hydrogen) atoms. The number of hydrogen-bond donors (Lipinski definition) is 1. The molecule has 3 atom stereocenters. The van der Waals surface area contributed by atoms with Gasteiger partial charge in [0.25, 0.3) is 0 Å². The van der Waals surface area contributed by atoms with Crippen LogP contribution in [-0.4, -0.2) is 65.5 Å². The number of sulfonamides is 1. The summed E-state index contributed by atoms with van der Waals surface area (Å²) in [5, 5.41) is 0. The maximum absolute atomic E-state index is 13.0. The Morgan fingerprint density at radius 1 is 1.24 bits per heavy atom. The van der Waals surface area contributed by atoms with E-state index in [1.54, 1.807) is 6.07 Å². The van der Waals surface area contributed by atoms with Crippen molar-refractivity contribution < 1.29 is 18.0 Å². The van der Waals surface area contributed by atoms with Gasteiger partial charge in [-0.2, -0.15) is 4.31 Å². The molecule has 0 bridgehead atoms. The molecule has 0 aromatic carbocycles. The second kappa shape index (κ2) is 8.12. The summed E-state index contributed by atoms with van der Waals surface area (Å²) < 4.78 is 27.2. The van der Waals surface area contributed by atoms with Crippen LogP contribution < -0.4 is 5.73 Å². The molecule has 0 spiro atoms. The van der Waals surface area contributed by atoms with Gasteiger partial charge in [-0.1, -0.05) is 32.1 Å². The highest BCUT2D eigenvalue weighted by Gasteiger charge is 2.54. The first-order chi connectivity index (χ1) is 13.9. The molecule has 3 fully saturated rings. The summed E-state index contributed by atoms with van der Waals surface area (Å²) in [5.41, 5.74) is 6.22. The molecular weight excluding hydrogens is 392 g/mol. The van der Waals surface area contributed by atoms with E-state index in [0.717, 1.165) is 12.8 Å². The van der Waals surface area contributed by atoms with Crippen LogP contribution in [0.15, 0.2) is 29.4 Å². The van der Waals surface area contributed by atoms with Crippen LogP contribution in [0.2, 0.25) is 0 Å². The zero-order chi connectivity index (χ0) is 20.6. The average Bonchev–Trinajstić information content (AvgIpc) is 3.30. The van der Waals surface area contributed by atoms with E-state index in [-0.39, 0.29) is 23.1 Å². The van der Waals surface area contributed by atoms with Gasteiger partial charge < -0.3 is 10.6 Å². The highest BCUT2D eigenvalue weighted by Crippen LogP contribution is 2.35. The van der Waals surface area contributed by atoms with Crippen LogP contribution in [0.5, 0.6) is 0 Å². The molecule has 9 heteroatoms. The van der Waals surface area contributed by atoms with Crippen molar-refractivity contribution in [1.29, 1.82) is 0 Å². The van der Waals surface area contributed by atoms with Crippen LogP contribution in [0.25, 0.3) is 0 Å². The Kier molecular flexibility index (Phi) is 5.72. The van der Waals surface area contributed by atoms with Gasteiger partial charge >= 0.3 is 0 Å². The van der Waals surface area contributed by atoms with Crippen molar-refractivity contribution in [3.8, 4) is 0 Å². The lowest BCUT2D eigenvalue weighted by Gasteiger charge is -2.29. The smallest absolute Gasteiger partial charge is 0.245 e. The monoisotopic (exact) mass is 420 g/mol. The van der Waals surface area contributed by atoms with E-state index < -0.39 is 28.1 Å². The van der Waals surface area contributed by atoms with E-state index >= 15 is 0 Å². The summed E-state index contributed by atoms with van der Waals surface area (Å²) in [6.07, 6.45) is 9.67. The van der Waals surface area contributed by atoms with Crippen molar-refractivity contribution >= 4 is 21.7 Å². The zero-order valence-corrected chi connectivity index (χ0v) is 17.3. The highest BCUT2D eigenvalue weighted by molar-refractivity contribution is 7.89. The number of rotatable bonds is 5. The molecule has 1 aromatic rings. The van der Waals surface area contributed by atoms with Gasteiger partial charge in [0, 0.05) is 18.9 Å². The summed E-state index contributed by atoms with van der Waals surface area (Å²) in [7, 11) is -3.84. The topological polar surface area (TPSA) is 114 Å². The number of likely N-dealkylation sites (tertiary alicyclic amines) is 1. The van der Waals surface area contributed by atoms with Crippen molar-refractivity contribution in [3.63, 3.8) is 0 Å². The van der Waals surface area contributed by atoms with E-state index in [4.69, 9.17) is 5.73 Å². The average molecular weight is 421 g/mol. The van der Waals surface area contributed by atoms with Gasteiger partial charge in [0.1, 0.15) is 10.9 Å². The number of pyridine rings is 1. The second-order valence-electron chi connectivity index (χ2n) is 8.38. The summed E-state index contributed by atoms with van der Waals surface area (Å²) in [6, 6.07) is 1.13. The third kappa shape index (κ3) is 3.83. The van der Waals surface area contributed by atoms with Gasteiger partial charge in [0.05, 0.1) is 18.6 Å². The van der Waals surface area contributed by atoms with Crippen molar-refractivity contribution in [2.75, 3.05) is 13.1 Å². The van der Waals surface area contributed by atoms with Gasteiger partial charge in [0.15, 0.2) is 5.78 Å². The maximum Gasteiger partial charge on any atom is 0.245 e. The lowest BCUT2D eigenvalue weighted by Crippen LogP contribution is -2.50. The third-order valence-electron chi connectivity index (χ3n) is 6.53. The number of amides is 1. The van der Waals surface area contributed by atoms with Crippen molar-refractivity contribution in [3.05, 3.63) is 24.5 Å². The van der Waals surface area contributed by atoms with Crippen LogP contribution in [0.4, 0.5) is 0 Å². The number of carbonyl (C=O) groups excluding carboxylic acids is 2. The molecule has 2 saturated heterocycles. The first-order valence-corrected chi connectivity index (χ1v) is 11.8. The summed E-state index contributed by atoms with van der Waals surface area (Å²) in [5.74, 6) is -0.00179. The van der Waals surface area contributed by atoms with E-state index in [2.05, 4.69) is 4.98 Å². The molecule has 3 unspecified atom stereocenters. The Balaban J connectivity index is 1.48. The van der Waals surface area contributed by atoms with E-state index in [1.165, 1.54) is 46.9 Å². The number of nitrogens with two attached hydrogens (primary N) is 1. The highest BCUT2D eigenvalue weighted by atomic mass is 32.2. The number of fused-ring (bicyclic) bond motifs is 1. The van der Waals surface area contributed by atoms with Crippen LogP contribution in [-0.2, 0) is 19.6 Å². The SMILES string of the molecule is NC(CC1CCCCC1)C(=O)N1CCC2C1C(=O)CN2S(=O)(=O)c1cccnc1. The predicted molar refractivity (Wildman–Crippen MR) is 106 cm³/mol. The van der Waals surface area contributed by atoms with Crippen molar-refractivity contribution in [1.82, 2.24) is 14.2 Å². The Hall–Kier alpha value is -1.84. The fraction of sp³-hybridized carbons (Fsp3) is 0.650. The van der Waals surface area contributed by atoms with Crippen LogP contribution in [0.1, 0.15) is 44.9 Å². The van der Waals surface area contributed by atoms with Crippen molar-refractivity contribution in [2.24, 2.45) is 11.7 Å². The van der Waals surface area contributed by atoms with Crippen LogP contribution in [0.3, 0.4) is 0 Å². The normalized spacial score (nSPS) is 27.2. The number of Topliss-reactive ketones (excluding diaryl/α,β-unsaturated/α-hetero) is 1. The Bertz CT molecular complexity index is 870. The molecule has 1 saturated carbocycles. The quantitative estimate of drug-likeness (QED) is 0.758. The lowest BCUT2D eigenvalue weighted by molar-refractivity contribution is -0.137. The second-order valence-corrected chi connectivity index (χ2v) is 10.3. The number of aromatic nitrogens is 1. The molecule has 0 radical (unpaired) electrons. The van der Waals surface area contributed by atoms with E-state index in [1.807, 2.05) is 0 Å². The minimum absolute atomic E-state index is 0.0622. The molecule has 8 nitrogen and oxygen atoms in total. The molecular formula is C20H28N4O4S. The molecule has 3 heterocycles. The molecule has 2 aliphatic heterocycles. The molecule has 1 aliphatic carbocycles. The molecule has 158 valence electrons. The molecule has 1 aromatic heterocycles. The summed E-state index contributed by atoms with van der Waals surface area (Å²) in [4.78, 5) is 31.2. The zero-order valence-electron chi connectivity index (χ0n) is 16.4.